The number of hydrogen-bond acceptors (Lipinski definition) is 8. The van der Waals surface area contributed by atoms with Gasteiger partial charge in [0.05, 0.1) is 17.8 Å². The van der Waals surface area contributed by atoms with Crippen molar-refractivity contribution in [3.05, 3.63) is 46.6 Å². The van der Waals surface area contributed by atoms with Gasteiger partial charge in [0.2, 0.25) is 10.8 Å². The Hall–Kier alpha value is -2.33. The summed E-state index contributed by atoms with van der Waals surface area (Å²) < 4.78 is 18.8. The van der Waals surface area contributed by atoms with E-state index in [-0.39, 0.29) is 18.1 Å². The lowest BCUT2D eigenvalue weighted by Crippen LogP contribution is -2.35. The Morgan fingerprint density at radius 3 is 2.63 bits per heavy atom. The first kappa shape index (κ1) is 23.1. The number of benzene rings is 1. The second-order valence-electron chi connectivity index (χ2n) is 9.75. The highest BCUT2D eigenvalue weighted by Crippen LogP contribution is 2.42. The van der Waals surface area contributed by atoms with E-state index in [0.29, 0.717) is 33.9 Å². The van der Waals surface area contributed by atoms with Crippen LogP contribution in [0.4, 0.5) is 11.8 Å². The third-order valence-corrected chi connectivity index (χ3v) is 8.97. The van der Waals surface area contributed by atoms with Crippen LogP contribution in [0.25, 0.3) is 11.3 Å². The quantitative estimate of drug-likeness (QED) is 0.474. The Labute approximate surface area is 212 Å². The molecule has 0 bridgehead atoms. The standard InChI is InChI=1S/C25H28ClN5O3S/c1-15-20(16-2-4-18(26)5-3-16)34-23(27-15)17-6-11-31(12-7-17)24-28-19-8-13-35(33)21(19)22(29-24)30-25(14-32)9-10-25/h2-5,17,32H,6-14H2,1H3,(H,28,29,30). The SMILES string of the molecule is Cc1nc(C2CCN(c3nc4c(c(NC5(CO)CC5)n3)[S+]([O-])CC4)CC2)oc1-c1ccc(Cl)cc1. The van der Waals surface area contributed by atoms with Crippen LogP contribution in [-0.2, 0) is 17.6 Å². The second-order valence-corrected chi connectivity index (χ2v) is 11.7. The van der Waals surface area contributed by atoms with E-state index in [9.17, 15) is 9.66 Å². The van der Waals surface area contributed by atoms with Gasteiger partial charge in [0.1, 0.15) is 11.4 Å². The summed E-state index contributed by atoms with van der Waals surface area (Å²) in [5.41, 5.74) is 2.39. The molecule has 1 atom stereocenters. The lowest BCUT2D eigenvalue weighted by molar-refractivity contribution is 0.265. The van der Waals surface area contributed by atoms with Crippen LogP contribution in [0.15, 0.2) is 33.6 Å². The molecule has 0 amide bonds. The van der Waals surface area contributed by atoms with Gasteiger partial charge in [0, 0.05) is 36.0 Å². The fourth-order valence-electron chi connectivity index (χ4n) is 4.92. The Bertz CT molecular complexity index is 1240. The minimum atomic E-state index is -1.09. The molecule has 0 radical (unpaired) electrons. The maximum absolute atomic E-state index is 12.6. The molecule has 1 saturated heterocycles. The molecule has 35 heavy (non-hydrogen) atoms. The Morgan fingerprint density at radius 1 is 1.20 bits per heavy atom. The maximum atomic E-state index is 12.6. The molecule has 4 heterocycles. The van der Waals surface area contributed by atoms with Gasteiger partial charge in [-0.25, -0.2) is 9.97 Å². The number of nitrogens with zero attached hydrogens (tertiary/aromatic N) is 4. The molecule has 2 N–H and O–H groups in total. The van der Waals surface area contributed by atoms with Crippen LogP contribution in [0.1, 0.15) is 48.9 Å². The zero-order valence-corrected chi connectivity index (χ0v) is 21.2. The third kappa shape index (κ3) is 4.39. The summed E-state index contributed by atoms with van der Waals surface area (Å²) in [4.78, 5) is 17.2. The number of piperidine rings is 1. The van der Waals surface area contributed by atoms with Gasteiger partial charge in [-0.15, -0.1) is 0 Å². The number of aryl methyl sites for hydroxylation is 2. The number of aromatic nitrogens is 3. The summed E-state index contributed by atoms with van der Waals surface area (Å²) in [5, 5.41) is 13.9. The molecular formula is C25H28ClN5O3S. The molecule has 2 aromatic heterocycles. The van der Waals surface area contributed by atoms with E-state index in [1.54, 1.807) is 0 Å². The van der Waals surface area contributed by atoms with Crippen molar-refractivity contribution in [2.45, 2.75) is 55.4 Å². The summed E-state index contributed by atoms with van der Waals surface area (Å²) in [7, 11) is 0. The van der Waals surface area contributed by atoms with E-state index in [0.717, 1.165) is 67.4 Å². The molecule has 10 heteroatoms. The second kappa shape index (κ2) is 8.96. The summed E-state index contributed by atoms with van der Waals surface area (Å²) in [5.74, 6) is 3.68. The fraction of sp³-hybridized carbons (Fsp3) is 0.480. The molecule has 184 valence electrons. The van der Waals surface area contributed by atoms with Crippen LogP contribution in [0, 0.1) is 6.92 Å². The van der Waals surface area contributed by atoms with E-state index in [4.69, 9.17) is 31.0 Å². The van der Waals surface area contributed by atoms with Crippen molar-refractivity contribution in [2.24, 2.45) is 0 Å². The summed E-state index contributed by atoms with van der Waals surface area (Å²) in [6, 6.07) is 7.62. The van der Waals surface area contributed by atoms with Crippen molar-refractivity contribution < 1.29 is 14.1 Å². The minimum absolute atomic E-state index is 0.0483. The first-order chi connectivity index (χ1) is 16.9. The van der Waals surface area contributed by atoms with E-state index in [1.807, 2.05) is 31.2 Å². The van der Waals surface area contributed by atoms with Gasteiger partial charge in [-0.2, -0.15) is 4.98 Å². The molecular weight excluding hydrogens is 486 g/mol. The molecule has 2 fully saturated rings. The number of oxazole rings is 1. The van der Waals surface area contributed by atoms with Crippen LogP contribution < -0.4 is 10.2 Å². The first-order valence-corrected chi connectivity index (χ1v) is 13.8. The van der Waals surface area contributed by atoms with Crippen LogP contribution in [-0.4, -0.2) is 55.6 Å². The van der Waals surface area contributed by atoms with Gasteiger partial charge in [-0.1, -0.05) is 11.6 Å². The number of aliphatic hydroxyl groups is 1. The average Bonchev–Trinajstić information content (AvgIpc) is 3.38. The monoisotopic (exact) mass is 513 g/mol. The lowest BCUT2D eigenvalue weighted by atomic mass is 9.97. The molecule has 6 rings (SSSR count). The molecule has 3 aliphatic rings. The number of rotatable bonds is 6. The fourth-order valence-corrected chi connectivity index (χ4v) is 6.35. The predicted molar refractivity (Wildman–Crippen MR) is 136 cm³/mol. The van der Waals surface area contributed by atoms with Gasteiger partial charge < -0.3 is 24.3 Å². The van der Waals surface area contributed by atoms with Gasteiger partial charge in [-0.05, 0) is 68.0 Å². The van der Waals surface area contributed by atoms with Crippen LogP contribution in [0.3, 0.4) is 0 Å². The van der Waals surface area contributed by atoms with Crippen molar-refractivity contribution in [1.29, 1.82) is 0 Å². The highest BCUT2D eigenvalue weighted by Gasteiger charge is 2.45. The topological polar surface area (TPSA) is 110 Å². The summed E-state index contributed by atoms with van der Waals surface area (Å²) >= 11 is 4.93. The van der Waals surface area contributed by atoms with Gasteiger partial charge >= 0.3 is 0 Å². The van der Waals surface area contributed by atoms with E-state index >= 15 is 0 Å². The van der Waals surface area contributed by atoms with Gasteiger partial charge in [0.25, 0.3) is 0 Å². The third-order valence-electron chi connectivity index (χ3n) is 7.26. The zero-order chi connectivity index (χ0) is 24.2. The molecule has 0 spiro atoms. The number of halogens is 1. The Morgan fingerprint density at radius 2 is 1.94 bits per heavy atom. The molecule has 1 unspecified atom stereocenters. The zero-order valence-electron chi connectivity index (χ0n) is 19.6. The predicted octanol–water partition coefficient (Wildman–Crippen LogP) is 4.08. The summed E-state index contributed by atoms with van der Waals surface area (Å²) in [6.07, 6.45) is 4.25. The Balaban J connectivity index is 1.19. The summed E-state index contributed by atoms with van der Waals surface area (Å²) in [6.45, 7) is 3.60. The van der Waals surface area contributed by atoms with E-state index < -0.39 is 11.2 Å². The smallest absolute Gasteiger partial charge is 0.227 e. The lowest BCUT2D eigenvalue weighted by Gasteiger charge is -2.31. The van der Waals surface area contributed by atoms with Crippen LogP contribution in [0.5, 0.6) is 0 Å². The average molecular weight is 514 g/mol. The Kier molecular flexibility index (Phi) is 5.91. The number of aliphatic hydroxyl groups excluding tert-OH is 1. The molecule has 8 nitrogen and oxygen atoms in total. The molecule has 1 aromatic carbocycles. The van der Waals surface area contributed by atoms with Crippen molar-refractivity contribution >= 4 is 34.5 Å². The van der Waals surface area contributed by atoms with Gasteiger partial charge in [0.15, 0.2) is 17.5 Å². The van der Waals surface area contributed by atoms with Crippen molar-refractivity contribution in [3.63, 3.8) is 0 Å². The highest BCUT2D eigenvalue weighted by atomic mass is 35.5. The molecule has 3 aromatic rings. The minimum Gasteiger partial charge on any atom is -0.611 e. The number of anilines is 2. The number of hydrogen-bond donors (Lipinski definition) is 2. The van der Waals surface area contributed by atoms with E-state index in [1.165, 1.54) is 0 Å². The van der Waals surface area contributed by atoms with Gasteiger partial charge in [-0.3, -0.25) is 0 Å². The first-order valence-electron chi connectivity index (χ1n) is 12.1. The highest BCUT2D eigenvalue weighted by molar-refractivity contribution is 7.91. The van der Waals surface area contributed by atoms with E-state index in [2.05, 4.69) is 10.2 Å². The molecule has 1 aliphatic carbocycles. The van der Waals surface area contributed by atoms with Crippen molar-refractivity contribution in [2.75, 3.05) is 35.7 Å². The van der Waals surface area contributed by atoms with Crippen LogP contribution >= 0.6 is 11.6 Å². The normalized spacial score (nSPS) is 21.3. The number of nitrogens with one attached hydrogen (secondary N) is 1. The largest absolute Gasteiger partial charge is 0.611 e. The maximum Gasteiger partial charge on any atom is 0.227 e. The molecule has 1 saturated carbocycles. The van der Waals surface area contributed by atoms with Crippen molar-refractivity contribution in [3.8, 4) is 11.3 Å². The molecule has 2 aliphatic heterocycles. The van der Waals surface area contributed by atoms with Crippen molar-refractivity contribution in [1.82, 2.24) is 15.0 Å². The van der Waals surface area contributed by atoms with Crippen LogP contribution in [0.2, 0.25) is 5.02 Å². The number of fused-ring (bicyclic) bond motifs is 1.